The van der Waals surface area contributed by atoms with E-state index in [1.54, 1.807) is 24.3 Å². The van der Waals surface area contributed by atoms with Gasteiger partial charge in [0.1, 0.15) is 5.82 Å². The molecular formula is C18H19ClFNO3. The van der Waals surface area contributed by atoms with E-state index < -0.39 is 0 Å². The van der Waals surface area contributed by atoms with Crippen LogP contribution in [0.2, 0.25) is 5.02 Å². The lowest BCUT2D eigenvalue weighted by molar-refractivity contribution is -0.120. The second-order valence-corrected chi connectivity index (χ2v) is 5.53. The molecule has 2 rings (SSSR count). The van der Waals surface area contributed by atoms with Gasteiger partial charge < -0.3 is 14.8 Å². The van der Waals surface area contributed by atoms with E-state index in [1.807, 2.05) is 6.92 Å². The molecule has 6 heteroatoms. The fourth-order valence-corrected chi connectivity index (χ4v) is 2.54. The summed E-state index contributed by atoms with van der Waals surface area (Å²) in [5.74, 6) is 0.433. The van der Waals surface area contributed by atoms with Crippen LogP contribution in [0.4, 0.5) is 4.39 Å². The topological polar surface area (TPSA) is 47.6 Å². The van der Waals surface area contributed by atoms with Gasteiger partial charge >= 0.3 is 0 Å². The molecule has 0 saturated carbocycles. The van der Waals surface area contributed by atoms with Crippen molar-refractivity contribution in [1.82, 2.24) is 5.32 Å². The molecule has 1 amide bonds. The lowest BCUT2D eigenvalue weighted by atomic mass is 10.1. The zero-order chi connectivity index (χ0) is 17.5. The molecule has 0 aliphatic carbocycles. The minimum atomic E-state index is -0.358. The zero-order valence-corrected chi connectivity index (χ0v) is 14.3. The van der Waals surface area contributed by atoms with Gasteiger partial charge in [-0.05, 0) is 42.3 Å². The van der Waals surface area contributed by atoms with Crippen molar-refractivity contribution in [3.05, 3.63) is 58.4 Å². The van der Waals surface area contributed by atoms with E-state index in [0.717, 1.165) is 5.56 Å². The van der Waals surface area contributed by atoms with E-state index in [0.29, 0.717) is 28.7 Å². The number of methoxy groups -OCH3 is 1. The molecule has 24 heavy (non-hydrogen) atoms. The molecule has 0 saturated heterocycles. The average molecular weight is 352 g/mol. The Kier molecular flexibility index (Phi) is 6.44. The SMILES string of the molecule is CCOc1c(Cl)cc(CNC(=O)Cc2cccc(F)c2)cc1OC. The molecule has 0 aliphatic heterocycles. The summed E-state index contributed by atoms with van der Waals surface area (Å²) < 4.78 is 23.8. The number of carbonyl (C=O) groups is 1. The molecule has 0 aliphatic rings. The van der Waals surface area contributed by atoms with E-state index in [-0.39, 0.29) is 24.7 Å². The van der Waals surface area contributed by atoms with Crippen LogP contribution in [0.1, 0.15) is 18.1 Å². The van der Waals surface area contributed by atoms with Crippen molar-refractivity contribution in [2.24, 2.45) is 0 Å². The number of amides is 1. The first-order valence-corrected chi connectivity index (χ1v) is 7.91. The van der Waals surface area contributed by atoms with Crippen molar-refractivity contribution in [3.8, 4) is 11.5 Å². The number of benzene rings is 2. The van der Waals surface area contributed by atoms with Crippen molar-refractivity contribution >= 4 is 17.5 Å². The number of hydrogen-bond acceptors (Lipinski definition) is 3. The van der Waals surface area contributed by atoms with Gasteiger partial charge in [0, 0.05) is 6.54 Å². The van der Waals surface area contributed by atoms with Gasteiger partial charge in [-0.25, -0.2) is 4.39 Å². The Balaban J connectivity index is 2.01. The minimum Gasteiger partial charge on any atom is -0.493 e. The summed E-state index contributed by atoms with van der Waals surface area (Å²) in [6.07, 6.45) is 0.111. The first kappa shape index (κ1) is 18.1. The summed E-state index contributed by atoms with van der Waals surface area (Å²) in [5.41, 5.74) is 1.41. The standard InChI is InChI=1S/C18H19ClFNO3/c1-3-24-18-15(19)8-13(9-16(18)23-2)11-21-17(22)10-12-5-4-6-14(20)7-12/h4-9H,3,10-11H2,1-2H3,(H,21,22). The first-order valence-electron chi connectivity index (χ1n) is 7.53. The first-order chi connectivity index (χ1) is 11.5. The van der Waals surface area contributed by atoms with E-state index in [2.05, 4.69) is 5.32 Å². The highest BCUT2D eigenvalue weighted by atomic mass is 35.5. The van der Waals surface area contributed by atoms with Gasteiger partial charge in [0.25, 0.3) is 0 Å². The summed E-state index contributed by atoms with van der Waals surface area (Å²) in [6, 6.07) is 9.46. The van der Waals surface area contributed by atoms with Crippen molar-refractivity contribution in [2.45, 2.75) is 19.9 Å². The third-order valence-electron chi connectivity index (χ3n) is 3.32. The van der Waals surface area contributed by atoms with Crippen molar-refractivity contribution in [2.75, 3.05) is 13.7 Å². The number of rotatable bonds is 7. The predicted octanol–water partition coefficient (Wildman–Crippen LogP) is 3.75. The van der Waals surface area contributed by atoms with Crippen molar-refractivity contribution < 1.29 is 18.7 Å². The molecule has 0 unspecified atom stereocenters. The maximum Gasteiger partial charge on any atom is 0.224 e. The molecule has 0 fully saturated rings. The summed E-state index contributed by atoms with van der Waals surface area (Å²) in [5, 5.41) is 3.20. The largest absolute Gasteiger partial charge is 0.493 e. The normalized spacial score (nSPS) is 10.3. The van der Waals surface area contributed by atoms with E-state index in [4.69, 9.17) is 21.1 Å². The average Bonchev–Trinajstić information content (AvgIpc) is 2.55. The van der Waals surface area contributed by atoms with Gasteiger partial charge in [-0.15, -0.1) is 0 Å². The molecule has 4 nitrogen and oxygen atoms in total. The van der Waals surface area contributed by atoms with Crippen LogP contribution in [0, 0.1) is 5.82 Å². The second-order valence-electron chi connectivity index (χ2n) is 5.13. The molecule has 0 radical (unpaired) electrons. The van der Waals surface area contributed by atoms with Gasteiger partial charge in [-0.2, -0.15) is 0 Å². The van der Waals surface area contributed by atoms with Crippen LogP contribution < -0.4 is 14.8 Å². The summed E-state index contributed by atoms with van der Waals surface area (Å²) >= 11 is 6.20. The van der Waals surface area contributed by atoms with Gasteiger partial charge in [0.2, 0.25) is 5.91 Å². The maximum atomic E-state index is 13.1. The Morgan fingerprint density at radius 3 is 2.71 bits per heavy atom. The highest BCUT2D eigenvalue weighted by molar-refractivity contribution is 6.32. The Labute approximate surface area is 145 Å². The van der Waals surface area contributed by atoms with Gasteiger partial charge in [0.05, 0.1) is 25.2 Å². The quantitative estimate of drug-likeness (QED) is 0.826. The molecule has 0 spiro atoms. The second kappa shape index (κ2) is 8.55. The highest BCUT2D eigenvalue weighted by Gasteiger charge is 2.12. The molecule has 128 valence electrons. The third kappa shape index (κ3) is 4.86. The van der Waals surface area contributed by atoms with E-state index >= 15 is 0 Å². The summed E-state index contributed by atoms with van der Waals surface area (Å²) in [7, 11) is 1.53. The van der Waals surface area contributed by atoms with Crippen molar-refractivity contribution in [3.63, 3.8) is 0 Å². The zero-order valence-electron chi connectivity index (χ0n) is 13.6. The third-order valence-corrected chi connectivity index (χ3v) is 3.60. The molecular weight excluding hydrogens is 333 g/mol. The Morgan fingerprint density at radius 1 is 1.25 bits per heavy atom. The molecule has 2 aromatic carbocycles. The van der Waals surface area contributed by atoms with Gasteiger partial charge in [-0.1, -0.05) is 23.7 Å². The summed E-state index contributed by atoms with van der Waals surface area (Å²) in [4.78, 5) is 12.0. The monoisotopic (exact) mass is 351 g/mol. The van der Waals surface area contributed by atoms with Gasteiger partial charge in [0.15, 0.2) is 11.5 Å². The smallest absolute Gasteiger partial charge is 0.224 e. The van der Waals surface area contributed by atoms with Crippen molar-refractivity contribution in [1.29, 1.82) is 0 Å². The van der Waals surface area contributed by atoms with Crippen LogP contribution in [0.5, 0.6) is 11.5 Å². The molecule has 1 N–H and O–H groups in total. The number of hydrogen-bond donors (Lipinski definition) is 1. The Bertz CT molecular complexity index is 721. The van der Waals surface area contributed by atoms with Gasteiger partial charge in [-0.3, -0.25) is 4.79 Å². The van der Waals surface area contributed by atoms with Crippen LogP contribution >= 0.6 is 11.6 Å². The lowest BCUT2D eigenvalue weighted by Crippen LogP contribution is -2.24. The molecule has 0 heterocycles. The number of carbonyl (C=O) groups excluding carboxylic acids is 1. The molecule has 0 bridgehead atoms. The molecule has 0 atom stereocenters. The Hall–Kier alpha value is -2.27. The van der Waals surface area contributed by atoms with Crippen LogP contribution in [-0.4, -0.2) is 19.6 Å². The van der Waals surface area contributed by atoms with Crippen LogP contribution in [0.3, 0.4) is 0 Å². The van der Waals surface area contributed by atoms with E-state index in [1.165, 1.54) is 19.2 Å². The number of ether oxygens (including phenoxy) is 2. The molecule has 2 aromatic rings. The number of nitrogens with one attached hydrogen (secondary N) is 1. The highest BCUT2D eigenvalue weighted by Crippen LogP contribution is 2.36. The fourth-order valence-electron chi connectivity index (χ4n) is 2.26. The lowest BCUT2D eigenvalue weighted by Gasteiger charge is -2.13. The molecule has 0 aromatic heterocycles. The number of halogens is 2. The fraction of sp³-hybridized carbons (Fsp3) is 0.278. The predicted molar refractivity (Wildman–Crippen MR) is 91.1 cm³/mol. The van der Waals surface area contributed by atoms with Crippen LogP contribution in [0.25, 0.3) is 0 Å². The van der Waals surface area contributed by atoms with Crippen LogP contribution in [-0.2, 0) is 17.8 Å². The summed E-state index contributed by atoms with van der Waals surface area (Å²) in [6.45, 7) is 2.62. The maximum absolute atomic E-state index is 13.1. The van der Waals surface area contributed by atoms with E-state index in [9.17, 15) is 9.18 Å². The minimum absolute atomic E-state index is 0.111. The Morgan fingerprint density at radius 2 is 2.04 bits per heavy atom. The van der Waals surface area contributed by atoms with Crippen LogP contribution in [0.15, 0.2) is 36.4 Å².